The van der Waals surface area contributed by atoms with E-state index in [1.165, 1.54) is 18.2 Å². The lowest BCUT2D eigenvalue weighted by molar-refractivity contribution is 0.429. The van der Waals surface area contributed by atoms with Gasteiger partial charge in [-0.25, -0.2) is 13.1 Å². The largest absolute Gasteiger partial charge is 0.399 e. The molecule has 3 N–H and O–H groups in total. The van der Waals surface area contributed by atoms with Crippen LogP contribution in [0.3, 0.4) is 0 Å². The Kier molecular flexibility index (Phi) is 3.10. The number of hydrogen-bond acceptors (Lipinski definition) is 7. The van der Waals surface area contributed by atoms with Crippen LogP contribution >= 0.6 is 0 Å². The number of nitrogen functional groups attached to an aromatic ring is 1. The summed E-state index contributed by atoms with van der Waals surface area (Å²) in [5.41, 5.74) is 5.72. The molecule has 0 fully saturated rings. The number of anilines is 2. The Hall–Kier alpha value is -2.60. The van der Waals surface area contributed by atoms with Crippen LogP contribution in [0.2, 0.25) is 0 Å². The lowest BCUT2D eigenvalue weighted by atomic mass is 10.2. The fraction of sp³-hybridized carbons (Fsp3) is 0.100. The maximum Gasteiger partial charge on any atom is 0.335 e. The highest BCUT2D eigenvalue weighted by Gasteiger charge is 2.21. The van der Waals surface area contributed by atoms with E-state index in [0.29, 0.717) is 5.69 Å². The van der Waals surface area contributed by atoms with Crippen LogP contribution in [0.25, 0.3) is 0 Å². The van der Waals surface area contributed by atoms with Gasteiger partial charge in [0.2, 0.25) is 0 Å². The normalized spacial score (nSPS) is 10.9. The van der Waals surface area contributed by atoms with Gasteiger partial charge in [-0.1, -0.05) is 5.16 Å². The fourth-order valence-corrected chi connectivity index (χ4v) is 2.44. The molecule has 0 bridgehead atoms. The first-order valence-corrected chi connectivity index (χ1v) is 6.53. The molecule has 1 aromatic heterocycles. The second kappa shape index (κ2) is 4.58. The third-order valence-electron chi connectivity index (χ3n) is 2.16. The topological polar surface area (TPSA) is 135 Å². The molecule has 19 heavy (non-hydrogen) atoms. The van der Waals surface area contributed by atoms with Gasteiger partial charge in [0, 0.05) is 5.69 Å². The molecule has 1 aromatic carbocycles. The Labute approximate surface area is 108 Å². The number of nitriles is 1. The van der Waals surface area contributed by atoms with E-state index in [-0.39, 0.29) is 22.3 Å². The molecule has 2 aromatic rings. The summed E-state index contributed by atoms with van der Waals surface area (Å²) in [4.78, 5) is 3.51. The summed E-state index contributed by atoms with van der Waals surface area (Å²) in [6, 6.07) is 5.39. The van der Waals surface area contributed by atoms with Crippen LogP contribution in [0.5, 0.6) is 0 Å². The minimum absolute atomic E-state index is 0.0660. The van der Waals surface area contributed by atoms with Crippen molar-refractivity contribution in [2.45, 2.75) is 11.8 Å². The van der Waals surface area contributed by atoms with Crippen molar-refractivity contribution >= 4 is 21.7 Å². The van der Waals surface area contributed by atoms with Gasteiger partial charge in [-0.2, -0.15) is 10.2 Å². The standard InChI is InChI=1S/C10H9N5O3S/c1-6-13-10(18-14-6)15-19(16,17)9-3-2-8(12)4-7(9)5-11/h2-4H,12H2,1H3,(H,13,14,15). The van der Waals surface area contributed by atoms with Crippen LogP contribution in [0.15, 0.2) is 27.6 Å². The van der Waals surface area contributed by atoms with E-state index in [1.807, 2.05) is 0 Å². The monoisotopic (exact) mass is 279 g/mol. The predicted molar refractivity (Wildman–Crippen MR) is 65.4 cm³/mol. The zero-order valence-corrected chi connectivity index (χ0v) is 10.6. The fourth-order valence-electron chi connectivity index (χ4n) is 1.38. The van der Waals surface area contributed by atoms with Crippen LogP contribution in [0.4, 0.5) is 11.7 Å². The van der Waals surface area contributed by atoms with Crippen LogP contribution < -0.4 is 10.5 Å². The minimum atomic E-state index is -3.98. The summed E-state index contributed by atoms with van der Waals surface area (Å²) < 4.78 is 30.9. The maximum absolute atomic E-state index is 12.1. The molecule has 1 heterocycles. The lowest BCUT2D eigenvalue weighted by Gasteiger charge is -2.06. The number of nitrogens with two attached hydrogens (primary N) is 1. The van der Waals surface area contributed by atoms with Crippen molar-refractivity contribution in [1.29, 1.82) is 5.26 Å². The molecular formula is C10H9N5O3S. The number of sulfonamides is 1. The summed E-state index contributed by atoms with van der Waals surface area (Å²) in [6.45, 7) is 1.55. The summed E-state index contributed by atoms with van der Waals surface area (Å²) in [6.07, 6.45) is 0. The zero-order valence-electron chi connectivity index (χ0n) is 9.78. The first-order chi connectivity index (χ1) is 8.92. The molecule has 0 unspecified atom stereocenters. The summed E-state index contributed by atoms with van der Waals surface area (Å²) in [5.74, 6) is 0.288. The quantitative estimate of drug-likeness (QED) is 0.786. The molecule has 0 spiro atoms. The van der Waals surface area contributed by atoms with Gasteiger partial charge >= 0.3 is 6.01 Å². The third kappa shape index (κ3) is 2.63. The van der Waals surface area contributed by atoms with Crippen molar-refractivity contribution in [2.24, 2.45) is 0 Å². The van der Waals surface area contributed by atoms with Gasteiger partial charge in [0.05, 0.1) is 5.56 Å². The number of aromatic nitrogens is 2. The highest BCUT2D eigenvalue weighted by Crippen LogP contribution is 2.20. The summed E-state index contributed by atoms with van der Waals surface area (Å²) in [7, 11) is -3.98. The number of aryl methyl sites for hydroxylation is 1. The Morgan fingerprint density at radius 2 is 2.21 bits per heavy atom. The first-order valence-electron chi connectivity index (χ1n) is 5.05. The van der Waals surface area contributed by atoms with Gasteiger partial charge in [-0.15, -0.1) is 0 Å². The predicted octanol–water partition coefficient (Wildman–Crippen LogP) is 0.633. The van der Waals surface area contributed by atoms with E-state index in [9.17, 15) is 8.42 Å². The van der Waals surface area contributed by atoms with Crippen LogP contribution in [0, 0.1) is 18.3 Å². The van der Waals surface area contributed by atoms with Gasteiger partial charge < -0.3 is 10.3 Å². The van der Waals surface area contributed by atoms with E-state index in [1.54, 1.807) is 13.0 Å². The molecule has 98 valence electrons. The Morgan fingerprint density at radius 3 is 2.79 bits per heavy atom. The Balaban J connectivity index is 2.43. The molecular weight excluding hydrogens is 270 g/mol. The lowest BCUT2D eigenvalue weighted by Crippen LogP contribution is -2.14. The molecule has 0 saturated carbocycles. The smallest absolute Gasteiger partial charge is 0.335 e. The zero-order chi connectivity index (χ0) is 14.0. The molecule has 0 aliphatic carbocycles. The molecule has 2 rings (SSSR count). The highest BCUT2D eigenvalue weighted by molar-refractivity contribution is 7.92. The van der Waals surface area contributed by atoms with Crippen molar-refractivity contribution in [1.82, 2.24) is 10.1 Å². The van der Waals surface area contributed by atoms with E-state index >= 15 is 0 Å². The molecule has 0 radical (unpaired) electrons. The molecule has 0 atom stereocenters. The second-order valence-corrected chi connectivity index (χ2v) is 5.27. The number of hydrogen-bond donors (Lipinski definition) is 2. The number of benzene rings is 1. The highest BCUT2D eigenvalue weighted by atomic mass is 32.2. The van der Waals surface area contributed by atoms with Gasteiger partial charge in [0.25, 0.3) is 10.0 Å². The van der Waals surface area contributed by atoms with E-state index in [2.05, 4.69) is 19.4 Å². The average molecular weight is 279 g/mol. The van der Waals surface area contributed by atoms with Crippen molar-refractivity contribution < 1.29 is 12.9 Å². The molecule has 8 nitrogen and oxygen atoms in total. The molecule has 0 saturated heterocycles. The Bertz CT molecular complexity index is 760. The van der Waals surface area contributed by atoms with Gasteiger partial charge in [0.1, 0.15) is 11.0 Å². The number of nitrogens with one attached hydrogen (secondary N) is 1. The van der Waals surface area contributed by atoms with Gasteiger partial charge in [-0.05, 0) is 25.1 Å². The number of nitrogens with zero attached hydrogens (tertiary/aromatic N) is 3. The maximum atomic E-state index is 12.1. The van der Waals surface area contributed by atoms with Crippen molar-refractivity contribution in [2.75, 3.05) is 10.5 Å². The molecule has 0 aliphatic heterocycles. The molecule has 9 heteroatoms. The SMILES string of the molecule is Cc1noc(NS(=O)(=O)c2ccc(N)cc2C#N)n1. The van der Waals surface area contributed by atoms with Gasteiger partial charge in [-0.3, -0.25) is 0 Å². The summed E-state index contributed by atoms with van der Waals surface area (Å²) in [5, 5.41) is 12.4. The molecule has 0 amide bonds. The Morgan fingerprint density at radius 1 is 1.47 bits per heavy atom. The van der Waals surface area contributed by atoms with Crippen molar-refractivity contribution in [3.8, 4) is 6.07 Å². The van der Waals surface area contributed by atoms with Crippen LogP contribution in [-0.2, 0) is 10.0 Å². The number of rotatable bonds is 3. The van der Waals surface area contributed by atoms with Crippen LogP contribution in [-0.4, -0.2) is 18.6 Å². The second-order valence-electron chi connectivity index (χ2n) is 3.62. The van der Waals surface area contributed by atoms with E-state index in [4.69, 9.17) is 11.0 Å². The summed E-state index contributed by atoms with van der Waals surface area (Å²) >= 11 is 0. The molecule has 0 aliphatic rings. The average Bonchev–Trinajstić information content (AvgIpc) is 2.73. The van der Waals surface area contributed by atoms with Gasteiger partial charge in [0.15, 0.2) is 5.82 Å². The van der Waals surface area contributed by atoms with E-state index < -0.39 is 10.0 Å². The van der Waals surface area contributed by atoms with Crippen molar-refractivity contribution in [3.63, 3.8) is 0 Å². The van der Waals surface area contributed by atoms with Crippen LogP contribution in [0.1, 0.15) is 11.4 Å². The third-order valence-corrected chi connectivity index (χ3v) is 3.54. The minimum Gasteiger partial charge on any atom is -0.399 e. The van der Waals surface area contributed by atoms with Crippen molar-refractivity contribution in [3.05, 3.63) is 29.6 Å². The first kappa shape index (κ1) is 12.8. The van der Waals surface area contributed by atoms with E-state index in [0.717, 1.165) is 0 Å².